The lowest BCUT2D eigenvalue weighted by Gasteiger charge is -2.15. The molecule has 0 saturated carbocycles. The van der Waals surface area contributed by atoms with Crippen LogP contribution in [-0.4, -0.2) is 19.5 Å². The Bertz CT molecular complexity index is 527. The van der Waals surface area contributed by atoms with Crippen LogP contribution in [0.1, 0.15) is 31.9 Å². The van der Waals surface area contributed by atoms with Crippen LogP contribution < -0.4 is 4.74 Å². The first-order chi connectivity index (χ1) is 9.47. The Labute approximate surface area is 120 Å². The van der Waals surface area contributed by atoms with Crippen molar-refractivity contribution in [1.82, 2.24) is 0 Å². The Morgan fingerprint density at radius 2 is 2.05 bits per heavy atom. The predicted molar refractivity (Wildman–Crippen MR) is 81.8 cm³/mol. The van der Waals surface area contributed by atoms with Crippen LogP contribution in [0.3, 0.4) is 0 Å². The fourth-order valence-corrected chi connectivity index (χ4v) is 1.82. The van der Waals surface area contributed by atoms with Gasteiger partial charge in [0.1, 0.15) is 18.1 Å². The van der Waals surface area contributed by atoms with Gasteiger partial charge in [-0.3, -0.25) is 4.79 Å². The third-order valence-corrected chi connectivity index (χ3v) is 2.77. The van der Waals surface area contributed by atoms with E-state index in [1.165, 1.54) is 6.92 Å². The zero-order chi connectivity index (χ0) is 15.1. The van der Waals surface area contributed by atoms with Gasteiger partial charge in [0.15, 0.2) is 5.78 Å². The second-order valence-corrected chi connectivity index (χ2v) is 4.72. The van der Waals surface area contributed by atoms with E-state index in [1.54, 1.807) is 7.11 Å². The van der Waals surface area contributed by atoms with Crippen molar-refractivity contribution in [3.05, 3.63) is 47.6 Å². The number of hydrogen-bond donors (Lipinski definition) is 0. The van der Waals surface area contributed by atoms with Crippen LogP contribution in [0, 0.1) is 0 Å². The van der Waals surface area contributed by atoms with E-state index in [2.05, 4.69) is 13.5 Å². The van der Waals surface area contributed by atoms with Gasteiger partial charge < -0.3 is 9.47 Å². The van der Waals surface area contributed by atoms with Gasteiger partial charge in [-0.1, -0.05) is 25.1 Å². The maximum atomic E-state index is 11.1. The molecule has 0 radical (unpaired) electrons. The van der Waals surface area contributed by atoms with Crippen molar-refractivity contribution in [3.63, 3.8) is 0 Å². The summed E-state index contributed by atoms with van der Waals surface area (Å²) in [6.07, 6.45) is 2.72. The van der Waals surface area contributed by atoms with E-state index in [0.29, 0.717) is 5.76 Å². The number of aryl methyl sites for hydroxylation is 1. The number of carbonyl (C=O) groups is 1. The molecule has 108 valence electrons. The lowest BCUT2D eigenvalue weighted by atomic mass is 10.0. The van der Waals surface area contributed by atoms with E-state index < -0.39 is 0 Å². The molecule has 0 unspecified atom stereocenters. The fourth-order valence-electron chi connectivity index (χ4n) is 1.82. The summed E-state index contributed by atoms with van der Waals surface area (Å²) >= 11 is 0. The zero-order valence-electron chi connectivity index (χ0n) is 12.7. The highest BCUT2D eigenvalue weighted by Crippen LogP contribution is 2.26. The van der Waals surface area contributed by atoms with Gasteiger partial charge in [-0.05, 0) is 44.0 Å². The number of benzene rings is 1. The van der Waals surface area contributed by atoms with Crippen LogP contribution in [0.4, 0.5) is 0 Å². The lowest BCUT2D eigenvalue weighted by Crippen LogP contribution is -2.05. The second-order valence-electron chi connectivity index (χ2n) is 4.72. The molecule has 1 rings (SSSR count). The summed E-state index contributed by atoms with van der Waals surface area (Å²) in [4.78, 5) is 11.1. The molecular weight excluding hydrogens is 252 g/mol. The summed E-state index contributed by atoms with van der Waals surface area (Å²) in [6, 6.07) is 5.86. The number of Topliss-reactive ketones (excluding diaryl/α,β-unsaturated/α-hetero) is 1. The van der Waals surface area contributed by atoms with Gasteiger partial charge in [0, 0.05) is 5.56 Å². The summed E-state index contributed by atoms with van der Waals surface area (Å²) < 4.78 is 10.9. The Morgan fingerprint density at radius 1 is 1.35 bits per heavy atom. The minimum absolute atomic E-state index is 0.0152. The summed E-state index contributed by atoms with van der Waals surface area (Å²) in [5.41, 5.74) is 2.95. The molecule has 0 heterocycles. The van der Waals surface area contributed by atoms with Gasteiger partial charge in [0.2, 0.25) is 0 Å². The number of hydrogen-bond acceptors (Lipinski definition) is 3. The second kappa shape index (κ2) is 7.53. The van der Waals surface area contributed by atoms with Gasteiger partial charge in [-0.2, -0.15) is 0 Å². The van der Waals surface area contributed by atoms with Crippen LogP contribution in [0.15, 0.2) is 36.4 Å². The number of ketones is 1. The van der Waals surface area contributed by atoms with Crippen LogP contribution >= 0.6 is 0 Å². The van der Waals surface area contributed by atoms with Crippen LogP contribution in [0.5, 0.6) is 5.75 Å². The SMILES string of the molecule is C=C(C)/C=C(/OCC(C)=O)c1cc(OC)ccc1CC. The molecular formula is C17H22O3. The summed E-state index contributed by atoms with van der Waals surface area (Å²) in [6.45, 7) is 9.40. The van der Waals surface area contributed by atoms with E-state index in [9.17, 15) is 4.79 Å². The molecule has 0 aliphatic heterocycles. The van der Waals surface area contributed by atoms with Gasteiger partial charge in [0.25, 0.3) is 0 Å². The van der Waals surface area contributed by atoms with Crippen LogP contribution in [-0.2, 0) is 16.0 Å². The van der Waals surface area contributed by atoms with Crippen molar-refractivity contribution in [2.45, 2.75) is 27.2 Å². The zero-order valence-corrected chi connectivity index (χ0v) is 12.7. The molecule has 0 fully saturated rings. The highest BCUT2D eigenvalue weighted by atomic mass is 16.5. The Balaban J connectivity index is 3.24. The molecule has 0 spiro atoms. The number of ether oxygens (including phenoxy) is 2. The van der Waals surface area contributed by atoms with E-state index in [4.69, 9.17) is 9.47 Å². The highest BCUT2D eigenvalue weighted by molar-refractivity contribution is 5.78. The van der Waals surface area contributed by atoms with Gasteiger partial charge in [-0.15, -0.1) is 0 Å². The van der Waals surface area contributed by atoms with Crippen LogP contribution in [0.2, 0.25) is 0 Å². The largest absolute Gasteiger partial charge is 0.497 e. The van der Waals surface area contributed by atoms with Crippen molar-refractivity contribution < 1.29 is 14.3 Å². The molecule has 0 aliphatic rings. The van der Waals surface area contributed by atoms with Crippen molar-refractivity contribution >= 4 is 11.5 Å². The van der Waals surface area contributed by atoms with E-state index in [-0.39, 0.29) is 12.4 Å². The average Bonchev–Trinajstić information content (AvgIpc) is 2.42. The topological polar surface area (TPSA) is 35.5 Å². The average molecular weight is 274 g/mol. The number of allylic oxidation sites excluding steroid dienone is 2. The standard InChI is InChI=1S/C17H22O3/c1-6-14-7-8-15(19-5)10-16(14)17(9-12(2)3)20-11-13(4)18/h7-10H,2,6,11H2,1,3-5H3/b17-9+. The summed E-state index contributed by atoms with van der Waals surface area (Å²) in [7, 11) is 1.63. The quantitative estimate of drug-likeness (QED) is 0.560. The Morgan fingerprint density at radius 3 is 2.55 bits per heavy atom. The third-order valence-electron chi connectivity index (χ3n) is 2.77. The monoisotopic (exact) mass is 274 g/mol. The molecule has 3 nitrogen and oxygen atoms in total. The molecule has 1 aromatic rings. The highest BCUT2D eigenvalue weighted by Gasteiger charge is 2.11. The van der Waals surface area contributed by atoms with E-state index in [1.807, 2.05) is 31.2 Å². The smallest absolute Gasteiger partial charge is 0.167 e. The van der Waals surface area contributed by atoms with Crippen molar-refractivity contribution in [2.24, 2.45) is 0 Å². The first kappa shape index (κ1) is 16.0. The van der Waals surface area contributed by atoms with Gasteiger partial charge in [-0.25, -0.2) is 0 Å². The molecule has 20 heavy (non-hydrogen) atoms. The Hall–Kier alpha value is -2.03. The van der Waals surface area contributed by atoms with Crippen molar-refractivity contribution in [2.75, 3.05) is 13.7 Å². The molecule has 0 N–H and O–H groups in total. The summed E-state index contributed by atoms with van der Waals surface area (Å²) in [5, 5.41) is 0. The number of rotatable bonds is 7. The Kier molecular flexibility index (Phi) is 6.04. The first-order valence-electron chi connectivity index (χ1n) is 6.64. The van der Waals surface area contributed by atoms with E-state index in [0.717, 1.165) is 28.9 Å². The van der Waals surface area contributed by atoms with Crippen LogP contribution in [0.25, 0.3) is 5.76 Å². The fraction of sp³-hybridized carbons (Fsp3) is 0.353. The normalized spacial score (nSPS) is 11.1. The maximum Gasteiger partial charge on any atom is 0.167 e. The minimum Gasteiger partial charge on any atom is -0.497 e. The molecule has 0 bridgehead atoms. The van der Waals surface area contributed by atoms with Crippen molar-refractivity contribution in [1.29, 1.82) is 0 Å². The van der Waals surface area contributed by atoms with Gasteiger partial charge >= 0.3 is 0 Å². The minimum atomic E-state index is -0.0152. The van der Waals surface area contributed by atoms with Crippen molar-refractivity contribution in [3.8, 4) is 5.75 Å². The molecule has 0 saturated heterocycles. The molecule has 0 amide bonds. The maximum absolute atomic E-state index is 11.1. The molecule has 0 atom stereocenters. The third kappa shape index (κ3) is 4.57. The number of carbonyl (C=O) groups excluding carboxylic acids is 1. The summed E-state index contributed by atoms with van der Waals surface area (Å²) in [5.74, 6) is 1.40. The molecule has 0 aliphatic carbocycles. The molecule has 0 aromatic heterocycles. The first-order valence-corrected chi connectivity index (χ1v) is 6.64. The molecule has 1 aromatic carbocycles. The lowest BCUT2D eigenvalue weighted by molar-refractivity contribution is -0.119. The van der Waals surface area contributed by atoms with E-state index >= 15 is 0 Å². The van der Waals surface area contributed by atoms with Gasteiger partial charge in [0.05, 0.1) is 7.11 Å². The number of methoxy groups -OCH3 is 1. The molecule has 3 heteroatoms. The predicted octanol–water partition coefficient (Wildman–Crippen LogP) is 3.78.